The van der Waals surface area contributed by atoms with Gasteiger partial charge in [-0.25, -0.2) is 4.39 Å². The summed E-state index contributed by atoms with van der Waals surface area (Å²) >= 11 is 0. The Morgan fingerprint density at radius 1 is 1.21 bits per heavy atom. The highest BCUT2D eigenvalue weighted by Crippen LogP contribution is 2.36. The summed E-state index contributed by atoms with van der Waals surface area (Å²) in [5.74, 6) is 1.40. The zero-order chi connectivity index (χ0) is 23.5. The molecular weight excluding hydrogens is 439 g/mol. The van der Waals surface area contributed by atoms with E-state index in [-0.39, 0.29) is 30.7 Å². The third-order valence-corrected chi connectivity index (χ3v) is 6.27. The van der Waals surface area contributed by atoms with Crippen molar-refractivity contribution < 1.29 is 23.4 Å². The highest BCUT2D eigenvalue weighted by Gasteiger charge is 2.28. The van der Waals surface area contributed by atoms with Crippen LogP contribution < -0.4 is 24.8 Å². The third-order valence-electron chi connectivity index (χ3n) is 6.27. The fourth-order valence-corrected chi connectivity index (χ4v) is 4.49. The molecular formula is C25H27FN4O4. The largest absolute Gasteiger partial charge is 0.493 e. The molecule has 34 heavy (non-hydrogen) atoms. The minimum absolute atomic E-state index is 0.0405. The first-order chi connectivity index (χ1) is 16.6. The summed E-state index contributed by atoms with van der Waals surface area (Å²) in [4.78, 5) is 12.7. The predicted molar refractivity (Wildman–Crippen MR) is 123 cm³/mol. The van der Waals surface area contributed by atoms with E-state index in [2.05, 4.69) is 20.8 Å². The number of H-pyrrole nitrogens is 1. The summed E-state index contributed by atoms with van der Waals surface area (Å²) in [6.45, 7) is 4.43. The number of benzene rings is 2. The van der Waals surface area contributed by atoms with Crippen molar-refractivity contribution in [1.29, 1.82) is 0 Å². The Morgan fingerprint density at radius 2 is 2.09 bits per heavy atom. The molecule has 1 saturated heterocycles. The minimum atomic E-state index is -0.540. The number of carbonyl (C=O) groups excluding carboxylic acids is 1. The van der Waals surface area contributed by atoms with Crippen LogP contribution in [-0.4, -0.2) is 42.6 Å². The number of aryl methyl sites for hydroxylation is 1. The fourth-order valence-electron chi connectivity index (χ4n) is 4.49. The molecule has 0 aliphatic carbocycles. The SMILES string of the molecule is Cc1cc(CNC(=O)c2cc([C@@H]3CCNC[C@H]3COc3ccc4c(c3)OCO4)ccc2F)n[nH]1. The molecule has 0 spiro atoms. The van der Waals surface area contributed by atoms with Crippen LogP contribution in [0, 0.1) is 18.7 Å². The van der Waals surface area contributed by atoms with Crippen LogP contribution in [0.1, 0.15) is 39.6 Å². The van der Waals surface area contributed by atoms with Gasteiger partial charge in [0, 0.05) is 24.2 Å². The zero-order valence-electron chi connectivity index (χ0n) is 18.9. The summed E-state index contributed by atoms with van der Waals surface area (Å²) in [5.41, 5.74) is 2.57. The lowest BCUT2D eigenvalue weighted by Crippen LogP contribution is -2.38. The first-order valence-electron chi connectivity index (χ1n) is 11.4. The topological polar surface area (TPSA) is 97.5 Å². The molecule has 178 valence electrons. The molecule has 1 aromatic heterocycles. The molecule has 1 amide bonds. The number of nitrogens with zero attached hydrogens (tertiary/aromatic N) is 1. The second-order valence-corrected chi connectivity index (χ2v) is 8.65. The highest BCUT2D eigenvalue weighted by molar-refractivity contribution is 5.94. The maximum Gasteiger partial charge on any atom is 0.254 e. The number of halogens is 1. The van der Waals surface area contributed by atoms with Gasteiger partial charge < -0.3 is 24.8 Å². The van der Waals surface area contributed by atoms with E-state index in [9.17, 15) is 9.18 Å². The fraction of sp³-hybridized carbons (Fsp3) is 0.360. The average molecular weight is 467 g/mol. The summed E-state index contributed by atoms with van der Waals surface area (Å²) in [6.07, 6.45) is 0.869. The van der Waals surface area contributed by atoms with Gasteiger partial charge >= 0.3 is 0 Å². The van der Waals surface area contributed by atoms with Gasteiger partial charge in [-0.1, -0.05) is 6.07 Å². The predicted octanol–water partition coefficient (Wildman–Crippen LogP) is 3.29. The lowest BCUT2D eigenvalue weighted by molar-refractivity contribution is 0.0946. The van der Waals surface area contributed by atoms with Gasteiger partial charge in [0.05, 0.1) is 24.4 Å². The van der Waals surface area contributed by atoms with Gasteiger partial charge in [-0.15, -0.1) is 0 Å². The number of amides is 1. The Labute approximate surface area is 196 Å². The summed E-state index contributed by atoms with van der Waals surface area (Å²) < 4.78 is 31.4. The molecule has 8 nitrogen and oxygen atoms in total. The van der Waals surface area contributed by atoms with Gasteiger partial charge in [-0.3, -0.25) is 9.89 Å². The van der Waals surface area contributed by atoms with Crippen molar-refractivity contribution >= 4 is 5.91 Å². The van der Waals surface area contributed by atoms with E-state index in [1.165, 1.54) is 6.07 Å². The number of aromatic amines is 1. The molecule has 0 radical (unpaired) electrons. The van der Waals surface area contributed by atoms with E-state index >= 15 is 0 Å². The molecule has 1 fully saturated rings. The van der Waals surface area contributed by atoms with Gasteiger partial charge in [0.15, 0.2) is 11.5 Å². The normalized spacial score (nSPS) is 19.1. The van der Waals surface area contributed by atoms with Gasteiger partial charge in [0.2, 0.25) is 6.79 Å². The first-order valence-corrected chi connectivity index (χ1v) is 11.4. The minimum Gasteiger partial charge on any atom is -0.493 e. The molecule has 3 heterocycles. The third kappa shape index (κ3) is 4.84. The molecule has 2 aliphatic heterocycles. The standard InChI is InChI=1S/C25H27FN4O4/c1-15-8-18(30-29-15)12-28-25(31)21-9-16(2-4-22(21)26)20-6-7-27-11-17(20)13-32-19-3-5-23-24(10-19)34-14-33-23/h2-5,8-10,17,20,27H,6-7,11-14H2,1H3,(H,28,31)(H,29,30)/t17-,20-/m0/s1. The maximum absolute atomic E-state index is 14.6. The van der Waals surface area contributed by atoms with Crippen molar-refractivity contribution in [2.45, 2.75) is 25.8 Å². The van der Waals surface area contributed by atoms with E-state index in [0.717, 1.165) is 30.8 Å². The summed E-state index contributed by atoms with van der Waals surface area (Å²) in [7, 11) is 0. The quantitative estimate of drug-likeness (QED) is 0.495. The van der Waals surface area contributed by atoms with Crippen molar-refractivity contribution in [2.24, 2.45) is 5.92 Å². The van der Waals surface area contributed by atoms with Crippen molar-refractivity contribution in [2.75, 3.05) is 26.5 Å². The number of carbonyl (C=O) groups is 1. The van der Waals surface area contributed by atoms with Crippen molar-refractivity contribution in [3.8, 4) is 17.2 Å². The first kappa shape index (κ1) is 22.2. The number of rotatable bonds is 7. The number of aromatic nitrogens is 2. The smallest absolute Gasteiger partial charge is 0.254 e. The molecule has 0 bridgehead atoms. The molecule has 0 unspecified atom stereocenters. The van der Waals surface area contributed by atoms with Gasteiger partial charge in [0.1, 0.15) is 11.6 Å². The van der Waals surface area contributed by atoms with Gasteiger partial charge in [-0.2, -0.15) is 5.10 Å². The molecule has 9 heteroatoms. The number of fused-ring (bicyclic) bond motifs is 1. The van der Waals surface area contributed by atoms with Crippen molar-refractivity contribution in [3.63, 3.8) is 0 Å². The maximum atomic E-state index is 14.6. The van der Waals surface area contributed by atoms with E-state index in [4.69, 9.17) is 14.2 Å². The monoisotopic (exact) mass is 466 g/mol. The van der Waals surface area contributed by atoms with E-state index in [1.807, 2.05) is 31.2 Å². The van der Waals surface area contributed by atoms with Crippen molar-refractivity contribution in [3.05, 3.63) is 70.8 Å². The average Bonchev–Trinajstić information content (AvgIpc) is 3.50. The number of piperidine rings is 1. The van der Waals surface area contributed by atoms with Gasteiger partial charge in [-0.05, 0) is 61.7 Å². The van der Waals surface area contributed by atoms with Crippen LogP contribution in [0.15, 0.2) is 42.5 Å². The molecule has 3 N–H and O–H groups in total. The number of ether oxygens (including phenoxy) is 3. The van der Waals surface area contributed by atoms with Crippen LogP contribution in [0.3, 0.4) is 0 Å². The number of hydrogen-bond donors (Lipinski definition) is 3. The van der Waals surface area contributed by atoms with Crippen LogP contribution in [0.2, 0.25) is 0 Å². The van der Waals surface area contributed by atoms with Crippen LogP contribution in [0.4, 0.5) is 4.39 Å². The zero-order valence-corrected chi connectivity index (χ0v) is 18.9. The van der Waals surface area contributed by atoms with Crippen LogP contribution >= 0.6 is 0 Å². The second kappa shape index (κ2) is 9.72. The molecule has 0 saturated carbocycles. The lowest BCUT2D eigenvalue weighted by Gasteiger charge is -2.32. The van der Waals surface area contributed by atoms with Crippen LogP contribution in [0.25, 0.3) is 0 Å². The van der Waals surface area contributed by atoms with E-state index < -0.39 is 11.7 Å². The Morgan fingerprint density at radius 3 is 2.94 bits per heavy atom. The number of nitrogens with one attached hydrogen (secondary N) is 3. The molecule has 2 atom stereocenters. The van der Waals surface area contributed by atoms with Crippen LogP contribution in [-0.2, 0) is 6.54 Å². The molecule has 2 aromatic carbocycles. The highest BCUT2D eigenvalue weighted by atomic mass is 19.1. The molecule has 5 rings (SSSR count). The molecule has 3 aromatic rings. The second-order valence-electron chi connectivity index (χ2n) is 8.65. The van der Waals surface area contributed by atoms with Crippen molar-refractivity contribution in [1.82, 2.24) is 20.8 Å². The lowest BCUT2D eigenvalue weighted by atomic mass is 9.81. The molecule has 2 aliphatic rings. The Kier molecular flexibility index (Phi) is 6.35. The summed E-state index contributed by atoms with van der Waals surface area (Å²) in [5, 5.41) is 13.1. The van der Waals surface area contributed by atoms with E-state index in [1.54, 1.807) is 12.1 Å². The Hall–Kier alpha value is -3.59. The van der Waals surface area contributed by atoms with Gasteiger partial charge in [0.25, 0.3) is 5.91 Å². The Bertz CT molecular complexity index is 1180. The Balaban J connectivity index is 1.27. The van der Waals surface area contributed by atoms with E-state index in [0.29, 0.717) is 29.5 Å². The number of hydrogen-bond acceptors (Lipinski definition) is 6. The van der Waals surface area contributed by atoms with Crippen LogP contribution in [0.5, 0.6) is 17.2 Å². The summed E-state index contributed by atoms with van der Waals surface area (Å²) in [6, 6.07) is 12.2.